The lowest BCUT2D eigenvalue weighted by Crippen LogP contribution is -2.36. The highest BCUT2D eigenvalue weighted by molar-refractivity contribution is 7.98. The molecule has 2 rings (SSSR count). The first-order valence-corrected chi connectivity index (χ1v) is 6.68. The Morgan fingerprint density at radius 1 is 1.50 bits per heavy atom. The van der Waals surface area contributed by atoms with Crippen molar-refractivity contribution in [1.29, 1.82) is 0 Å². The van der Waals surface area contributed by atoms with E-state index in [0.29, 0.717) is 0 Å². The molecule has 1 fully saturated rings. The molecule has 1 aliphatic heterocycles. The lowest BCUT2D eigenvalue weighted by molar-refractivity contribution is 0.0937. The lowest BCUT2D eigenvalue weighted by Gasteiger charge is -2.12. The van der Waals surface area contributed by atoms with Gasteiger partial charge in [-0.25, -0.2) is 0 Å². The molecule has 1 heterocycles. The van der Waals surface area contributed by atoms with Gasteiger partial charge in [0, 0.05) is 17.5 Å². The summed E-state index contributed by atoms with van der Waals surface area (Å²) in [5.41, 5.74) is 0.780. The second-order valence-corrected chi connectivity index (χ2v) is 4.71. The van der Waals surface area contributed by atoms with E-state index in [0.717, 1.165) is 30.0 Å². The summed E-state index contributed by atoms with van der Waals surface area (Å²) in [4.78, 5) is 13.1. The fourth-order valence-electron chi connectivity index (χ4n) is 1.87. The molecule has 2 N–H and O–H groups in total. The van der Waals surface area contributed by atoms with Gasteiger partial charge in [-0.15, -0.1) is 11.8 Å². The molecule has 3 nitrogen and oxygen atoms in total. The Kier molecular flexibility index (Phi) is 3.85. The maximum Gasteiger partial charge on any atom is 0.252 e. The Balaban J connectivity index is 2.07. The van der Waals surface area contributed by atoms with Gasteiger partial charge in [-0.3, -0.25) is 4.79 Å². The van der Waals surface area contributed by atoms with E-state index in [-0.39, 0.29) is 11.9 Å². The number of carbonyl (C=O) groups is 1. The van der Waals surface area contributed by atoms with Crippen molar-refractivity contribution in [1.82, 2.24) is 10.6 Å². The van der Waals surface area contributed by atoms with Crippen LogP contribution in [0.2, 0.25) is 0 Å². The van der Waals surface area contributed by atoms with Gasteiger partial charge in [0.1, 0.15) is 0 Å². The molecule has 16 heavy (non-hydrogen) atoms. The van der Waals surface area contributed by atoms with Crippen molar-refractivity contribution in [2.45, 2.75) is 17.4 Å². The molecule has 0 aromatic heterocycles. The van der Waals surface area contributed by atoms with Crippen LogP contribution in [-0.4, -0.2) is 31.3 Å². The summed E-state index contributed by atoms with van der Waals surface area (Å²) >= 11 is 1.61. The van der Waals surface area contributed by atoms with Gasteiger partial charge in [-0.1, -0.05) is 12.1 Å². The molecule has 1 aromatic carbocycles. The minimum absolute atomic E-state index is 0.0404. The van der Waals surface area contributed by atoms with E-state index < -0.39 is 0 Å². The molecule has 0 radical (unpaired) electrons. The Hall–Kier alpha value is -1.00. The van der Waals surface area contributed by atoms with Crippen LogP contribution in [0, 0.1) is 0 Å². The highest BCUT2D eigenvalue weighted by Crippen LogP contribution is 2.19. The average Bonchev–Trinajstić information content (AvgIpc) is 2.81. The fraction of sp³-hybridized carbons (Fsp3) is 0.417. The van der Waals surface area contributed by atoms with E-state index in [1.807, 2.05) is 30.5 Å². The number of carbonyl (C=O) groups excluding carboxylic acids is 1. The summed E-state index contributed by atoms with van der Waals surface area (Å²) in [5.74, 6) is 0.0404. The molecule has 4 heteroatoms. The van der Waals surface area contributed by atoms with Crippen molar-refractivity contribution in [2.75, 3.05) is 19.3 Å². The summed E-state index contributed by atoms with van der Waals surface area (Å²) in [6.07, 6.45) is 3.01. The number of thioether (sulfide) groups is 1. The first kappa shape index (κ1) is 11.5. The molecule has 0 spiro atoms. The Labute approximate surface area is 100.0 Å². The zero-order chi connectivity index (χ0) is 11.4. The Bertz CT molecular complexity index is 375. The number of benzene rings is 1. The van der Waals surface area contributed by atoms with Crippen molar-refractivity contribution in [3.05, 3.63) is 29.8 Å². The second kappa shape index (κ2) is 5.37. The summed E-state index contributed by atoms with van der Waals surface area (Å²) < 4.78 is 0. The van der Waals surface area contributed by atoms with Crippen LogP contribution in [-0.2, 0) is 0 Å². The van der Waals surface area contributed by atoms with E-state index in [2.05, 4.69) is 10.6 Å². The zero-order valence-electron chi connectivity index (χ0n) is 9.32. The average molecular weight is 236 g/mol. The van der Waals surface area contributed by atoms with Crippen molar-refractivity contribution in [3.63, 3.8) is 0 Å². The summed E-state index contributed by atoms with van der Waals surface area (Å²) in [6, 6.07) is 8.00. The molecule has 1 aliphatic rings. The number of hydrogen-bond acceptors (Lipinski definition) is 3. The standard InChI is InChI=1S/C12H16N2OS/c1-16-11-5-3-2-4-10(11)12(15)14-9-6-7-13-8-9/h2-5,9,13H,6-8H2,1H3,(H,14,15)/t9-/m1/s1. The van der Waals surface area contributed by atoms with Gasteiger partial charge in [0.2, 0.25) is 0 Å². The molecule has 1 amide bonds. The first-order chi connectivity index (χ1) is 7.81. The minimum Gasteiger partial charge on any atom is -0.348 e. The van der Waals surface area contributed by atoms with Crippen LogP contribution in [0.1, 0.15) is 16.8 Å². The second-order valence-electron chi connectivity index (χ2n) is 3.86. The Morgan fingerprint density at radius 2 is 2.31 bits per heavy atom. The van der Waals surface area contributed by atoms with Crippen molar-refractivity contribution in [2.24, 2.45) is 0 Å². The van der Waals surface area contributed by atoms with Crippen LogP contribution in [0.3, 0.4) is 0 Å². The van der Waals surface area contributed by atoms with Crippen LogP contribution in [0.4, 0.5) is 0 Å². The maximum atomic E-state index is 12.0. The van der Waals surface area contributed by atoms with E-state index in [9.17, 15) is 4.79 Å². The van der Waals surface area contributed by atoms with Gasteiger partial charge in [-0.2, -0.15) is 0 Å². The van der Waals surface area contributed by atoms with Gasteiger partial charge in [-0.05, 0) is 31.4 Å². The smallest absolute Gasteiger partial charge is 0.252 e. The van der Waals surface area contributed by atoms with Gasteiger partial charge < -0.3 is 10.6 Å². The molecule has 0 unspecified atom stereocenters. The van der Waals surface area contributed by atoms with E-state index >= 15 is 0 Å². The maximum absolute atomic E-state index is 12.0. The van der Waals surface area contributed by atoms with Crippen LogP contribution in [0.15, 0.2) is 29.2 Å². The third kappa shape index (κ3) is 2.57. The van der Waals surface area contributed by atoms with Gasteiger partial charge in [0.25, 0.3) is 5.91 Å². The quantitative estimate of drug-likeness (QED) is 0.781. The van der Waals surface area contributed by atoms with Gasteiger partial charge in [0.15, 0.2) is 0 Å². The zero-order valence-corrected chi connectivity index (χ0v) is 10.1. The van der Waals surface area contributed by atoms with Crippen LogP contribution in [0.5, 0.6) is 0 Å². The first-order valence-electron chi connectivity index (χ1n) is 5.46. The lowest BCUT2D eigenvalue weighted by atomic mass is 10.2. The highest BCUT2D eigenvalue weighted by atomic mass is 32.2. The summed E-state index contributed by atoms with van der Waals surface area (Å²) in [5, 5.41) is 6.29. The molecular formula is C12H16N2OS. The van der Waals surface area contributed by atoms with Crippen LogP contribution in [0.25, 0.3) is 0 Å². The molecular weight excluding hydrogens is 220 g/mol. The van der Waals surface area contributed by atoms with E-state index in [1.54, 1.807) is 11.8 Å². The summed E-state index contributed by atoms with van der Waals surface area (Å²) in [6.45, 7) is 1.88. The fourth-order valence-corrected chi connectivity index (χ4v) is 2.47. The number of hydrogen-bond donors (Lipinski definition) is 2. The molecule has 1 atom stereocenters. The van der Waals surface area contributed by atoms with Crippen molar-refractivity contribution in [3.8, 4) is 0 Å². The normalized spacial score (nSPS) is 19.7. The topological polar surface area (TPSA) is 41.1 Å². The summed E-state index contributed by atoms with van der Waals surface area (Å²) in [7, 11) is 0. The third-order valence-electron chi connectivity index (χ3n) is 2.75. The van der Waals surface area contributed by atoms with Crippen molar-refractivity contribution >= 4 is 17.7 Å². The van der Waals surface area contributed by atoms with Gasteiger partial charge >= 0.3 is 0 Å². The predicted molar refractivity (Wildman–Crippen MR) is 67.0 cm³/mol. The van der Waals surface area contributed by atoms with E-state index in [4.69, 9.17) is 0 Å². The monoisotopic (exact) mass is 236 g/mol. The molecule has 1 saturated heterocycles. The molecule has 0 bridgehead atoms. The number of nitrogens with one attached hydrogen (secondary N) is 2. The molecule has 1 aromatic rings. The third-order valence-corrected chi connectivity index (χ3v) is 3.54. The number of amides is 1. The largest absolute Gasteiger partial charge is 0.348 e. The molecule has 86 valence electrons. The van der Waals surface area contributed by atoms with E-state index in [1.165, 1.54) is 0 Å². The van der Waals surface area contributed by atoms with Crippen LogP contribution >= 0.6 is 11.8 Å². The predicted octanol–water partition coefficient (Wildman–Crippen LogP) is 1.50. The van der Waals surface area contributed by atoms with Gasteiger partial charge in [0.05, 0.1) is 5.56 Å². The highest BCUT2D eigenvalue weighted by Gasteiger charge is 2.18. The molecule has 0 saturated carbocycles. The Morgan fingerprint density at radius 3 is 3.00 bits per heavy atom. The van der Waals surface area contributed by atoms with Crippen molar-refractivity contribution < 1.29 is 4.79 Å². The SMILES string of the molecule is CSc1ccccc1C(=O)N[C@@H]1CCNC1. The van der Waals surface area contributed by atoms with Crippen LogP contribution < -0.4 is 10.6 Å². The minimum atomic E-state index is 0.0404. The number of rotatable bonds is 3. The molecule has 0 aliphatic carbocycles.